The third-order valence-electron chi connectivity index (χ3n) is 5.48. The van der Waals surface area contributed by atoms with Crippen LogP contribution in [0.1, 0.15) is 15.9 Å². The molecule has 36 heavy (non-hydrogen) atoms. The van der Waals surface area contributed by atoms with Crippen molar-refractivity contribution in [3.8, 4) is 5.75 Å². The Morgan fingerprint density at radius 1 is 1.14 bits per heavy atom. The molecule has 9 nitrogen and oxygen atoms in total. The highest BCUT2D eigenvalue weighted by molar-refractivity contribution is 7.94. The summed E-state index contributed by atoms with van der Waals surface area (Å²) >= 11 is 4.60. The van der Waals surface area contributed by atoms with Gasteiger partial charge in [-0.25, -0.2) is 8.42 Å². The number of methoxy groups -OCH3 is 1. The highest BCUT2D eigenvalue weighted by Gasteiger charge is 2.37. The molecular weight excluding hydrogens is 528 g/mol. The first-order chi connectivity index (χ1) is 17.1. The van der Waals surface area contributed by atoms with Gasteiger partial charge in [-0.15, -0.1) is 0 Å². The molecule has 0 saturated carbocycles. The first kappa shape index (κ1) is 25.8. The van der Waals surface area contributed by atoms with E-state index in [9.17, 15) is 22.6 Å². The molecule has 0 aliphatic carbocycles. The van der Waals surface area contributed by atoms with Crippen molar-refractivity contribution in [1.29, 1.82) is 0 Å². The zero-order valence-electron chi connectivity index (χ0n) is 18.9. The maximum atomic E-state index is 13.6. The lowest BCUT2D eigenvalue weighted by Gasteiger charge is -2.31. The first-order valence-corrected chi connectivity index (χ1v) is 13.7. The van der Waals surface area contributed by atoms with Gasteiger partial charge in [0.15, 0.2) is 4.90 Å². The number of carboxylic acid groups (broad SMARTS) is 1. The Hall–Kier alpha value is -3.25. The molecule has 0 spiro atoms. The van der Waals surface area contributed by atoms with E-state index in [2.05, 4.69) is 5.32 Å². The molecular formula is C24H21ClN2O7S2. The van der Waals surface area contributed by atoms with E-state index < -0.39 is 33.1 Å². The van der Waals surface area contributed by atoms with E-state index in [4.69, 9.17) is 21.4 Å². The van der Waals surface area contributed by atoms with Crippen LogP contribution < -0.4 is 14.4 Å². The normalized spacial score (nSPS) is 15.2. The standard InChI is InChI=1S/C24H21ClN2O7S2/c1-34-20-8-5-17(25)14-22(20)36(32,33)27-10-11-35(31)21-9-4-16(13-19(21)27)24(30)26-18-6-2-15(3-7-18)12-23(28)29/h2-9,13-14H,10-12H2,1H3,(H,26,30)(H,28,29). The third kappa shape index (κ3) is 5.29. The number of carbonyl (C=O) groups excluding carboxylic acids is 1. The SMILES string of the molecule is COc1ccc(Cl)cc1S(=O)(=O)N1CC[S+]([O-])c2ccc(C(=O)Nc3ccc(CC(=O)O)cc3)cc21. The molecule has 1 unspecified atom stereocenters. The molecule has 4 rings (SSSR count). The number of sulfonamides is 1. The summed E-state index contributed by atoms with van der Waals surface area (Å²) in [5, 5.41) is 11.8. The second-order valence-corrected chi connectivity index (χ2v) is 11.6. The molecule has 0 bridgehead atoms. The van der Waals surface area contributed by atoms with Crippen molar-refractivity contribution >= 4 is 56.1 Å². The number of amides is 1. The number of anilines is 2. The molecule has 3 aromatic carbocycles. The van der Waals surface area contributed by atoms with E-state index in [1.165, 1.54) is 43.5 Å². The van der Waals surface area contributed by atoms with E-state index in [-0.39, 0.29) is 45.6 Å². The van der Waals surface area contributed by atoms with Gasteiger partial charge in [0.25, 0.3) is 15.9 Å². The maximum absolute atomic E-state index is 13.6. The lowest BCUT2D eigenvalue weighted by Crippen LogP contribution is -2.40. The van der Waals surface area contributed by atoms with Gasteiger partial charge in [-0.3, -0.25) is 13.9 Å². The number of rotatable bonds is 7. The molecule has 0 fully saturated rings. The summed E-state index contributed by atoms with van der Waals surface area (Å²) in [7, 11) is -2.83. The minimum absolute atomic E-state index is 0.0618. The monoisotopic (exact) mass is 548 g/mol. The number of aliphatic carboxylic acids is 1. The van der Waals surface area contributed by atoms with E-state index >= 15 is 0 Å². The molecule has 0 aromatic heterocycles. The van der Waals surface area contributed by atoms with Crippen molar-refractivity contribution in [3.63, 3.8) is 0 Å². The second-order valence-electron chi connectivity index (χ2n) is 7.83. The number of hydrogen-bond acceptors (Lipinski definition) is 6. The summed E-state index contributed by atoms with van der Waals surface area (Å²) in [5.41, 5.74) is 1.30. The summed E-state index contributed by atoms with van der Waals surface area (Å²) < 4.78 is 46.2. The van der Waals surface area contributed by atoms with Gasteiger partial charge in [0.2, 0.25) is 0 Å². The fourth-order valence-corrected chi connectivity index (χ4v) is 7.01. The summed E-state index contributed by atoms with van der Waals surface area (Å²) in [6.45, 7) is -0.0618. The highest BCUT2D eigenvalue weighted by atomic mass is 35.5. The van der Waals surface area contributed by atoms with Crippen molar-refractivity contribution in [2.24, 2.45) is 0 Å². The third-order valence-corrected chi connectivity index (χ3v) is 8.93. The summed E-state index contributed by atoms with van der Waals surface area (Å²) in [6, 6.07) is 14.9. The van der Waals surface area contributed by atoms with Gasteiger partial charge in [-0.05, 0) is 65.3 Å². The molecule has 3 aromatic rings. The number of benzene rings is 3. The number of halogens is 1. The number of nitrogens with zero attached hydrogens (tertiary/aromatic N) is 1. The largest absolute Gasteiger partial charge is 0.611 e. The van der Waals surface area contributed by atoms with Crippen LogP contribution in [0.25, 0.3) is 0 Å². The Morgan fingerprint density at radius 2 is 1.86 bits per heavy atom. The van der Waals surface area contributed by atoms with Gasteiger partial charge in [0.05, 0.1) is 20.1 Å². The minimum Gasteiger partial charge on any atom is -0.611 e. The lowest BCUT2D eigenvalue weighted by atomic mass is 10.1. The zero-order chi connectivity index (χ0) is 26.0. The Labute approximate surface area is 215 Å². The Kier molecular flexibility index (Phi) is 7.46. The Morgan fingerprint density at radius 3 is 2.53 bits per heavy atom. The van der Waals surface area contributed by atoms with Crippen LogP contribution in [0.2, 0.25) is 5.02 Å². The Balaban J connectivity index is 1.67. The van der Waals surface area contributed by atoms with Crippen molar-refractivity contribution in [2.45, 2.75) is 16.2 Å². The molecule has 1 amide bonds. The summed E-state index contributed by atoms with van der Waals surface area (Å²) in [6.07, 6.45) is -0.141. The quantitative estimate of drug-likeness (QED) is 0.431. The van der Waals surface area contributed by atoms with Crippen LogP contribution in [-0.2, 0) is 32.4 Å². The minimum atomic E-state index is -4.17. The number of nitrogens with one attached hydrogen (secondary N) is 1. The van der Waals surface area contributed by atoms with Crippen LogP contribution in [0, 0.1) is 0 Å². The predicted octanol–water partition coefficient (Wildman–Crippen LogP) is 3.54. The predicted molar refractivity (Wildman–Crippen MR) is 136 cm³/mol. The number of fused-ring (bicyclic) bond motifs is 1. The highest BCUT2D eigenvalue weighted by Crippen LogP contribution is 2.38. The first-order valence-electron chi connectivity index (χ1n) is 10.6. The molecule has 1 heterocycles. The fourth-order valence-electron chi connectivity index (χ4n) is 3.75. The number of carbonyl (C=O) groups is 2. The summed E-state index contributed by atoms with van der Waals surface area (Å²) in [5.74, 6) is -1.29. The Bertz CT molecular complexity index is 1430. The van der Waals surface area contributed by atoms with Crippen LogP contribution in [0.5, 0.6) is 5.75 Å². The number of hydrogen-bond donors (Lipinski definition) is 2. The summed E-state index contributed by atoms with van der Waals surface area (Å²) in [4.78, 5) is 23.9. The molecule has 0 saturated heterocycles. The zero-order valence-corrected chi connectivity index (χ0v) is 21.3. The lowest BCUT2D eigenvalue weighted by molar-refractivity contribution is -0.136. The molecule has 1 aliphatic heterocycles. The van der Waals surface area contributed by atoms with Crippen molar-refractivity contribution in [3.05, 3.63) is 76.8 Å². The average Bonchev–Trinajstić information content (AvgIpc) is 2.84. The topological polar surface area (TPSA) is 136 Å². The van der Waals surface area contributed by atoms with Crippen LogP contribution in [0.4, 0.5) is 11.4 Å². The van der Waals surface area contributed by atoms with E-state index in [1.54, 1.807) is 24.3 Å². The molecule has 188 valence electrons. The maximum Gasteiger partial charge on any atom is 0.307 e. The van der Waals surface area contributed by atoms with Crippen molar-refractivity contribution in [1.82, 2.24) is 0 Å². The molecule has 0 radical (unpaired) electrons. The van der Waals surface area contributed by atoms with Crippen molar-refractivity contribution < 1.29 is 32.4 Å². The molecule has 1 atom stereocenters. The van der Waals surface area contributed by atoms with Gasteiger partial charge >= 0.3 is 5.97 Å². The van der Waals surface area contributed by atoms with Gasteiger partial charge < -0.3 is 19.7 Å². The number of ether oxygens (including phenoxy) is 1. The van der Waals surface area contributed by atoms with Crippen LogP contribution in [-0.4, -0.2) is 49.4 Å². The van der Waals surface area contributed by atoms with Gasteiger partial charge in [0.1, 0.15) is 22.1 Å². The van der Waals surface area contributed by atoms with E-state index in [1.807, 2.05) is 0 Å². The molecule has 12 heteroatoms. The van der Waals surface area contributed by atoms with E-state index in [0.29, 0.717) is 16.1 Å². The van der Waals surface area contributed by atoms with Crippen LogP contribution in [0.15, 0.2) is 70.5 Å². The number of carboxylic acids is 1. The van der Waals surface area contributed by atoms with Crippen molar-refractivity contribution in [2.75, 3.05) is 29.0 Å². The van der Waals surface area contributed by atoms with Crippen LogP contribution in [0.3, 0.4) is 0 Å². The smallest absolute Gasteiger partial charge is 0.307 e. The fraction of sp³-hybridized carbons (Fsp3) is 0.167. The van der Waals surface area contributed by atoms with Crippen LogP contribution >= 0.6 is 11.6 Å². The van der Waals surface area contributed by atoms with E-state index in [0.717, 1.165) is 4.31 Å². The van der Waals surface area contributed by atoms with Gasteiger partial charge in [-0.1, -0.05) is 23.7 Å². The van der Waals surface area contributed by atoms with Gasteiger partial charge in [0, 0.05) is 16.3 Å². The molecule has 2 N–H and O–H groups in total. The molecule has 1 aliphatic rings. The average molecular weight is 549 g/mol. The van der Waals surface area contributed by atoms with Gasteiger partial charge in [-0.2, -0.15) is 0 Å². The second kappa shape index (κ2) is 10.4.